The predicted molar refractivity (Wildman–Crippen MR) is 82.7 cm³/mol. The van der Waals surface area contributed by atoms with Crippen LogP contribution in [0.4, 0.5) is 11.6 Å². The molecule has 1 atom stereocenters. The second-order valence-corrected chi connectivity index (χ2v) is 5.31. The molecule has 0 bridgehead atoms. The molecule has 0 aliphatic heterocycles. The number of aromatic nitrogens is 2. The summed E-state index contributed by atoms with van der Waals surface area (Å²) >= 11 is 0. The number of anilines is 2. The van der Waals surface area contributed by atoms with E-state index < -0.39 is 0 Å². The number of para-hydroxylation sites is 1. The highest BCUT2D eigenvalue weighted by atomic mass is 16.5. The van der Waals surface area contributed by atoms with E-state index in [2.05, 4.69) is 60.0 Å². The van der Waals surface area contributed by atoms with Crippen molar-refractivity contribution in [2.24, 2.45) is 0 Å². The molecular formula is C16H23N3O. The summed E-state index contributed by atoms with van der Waals surface area (Å²) in [6, 6.07) is 6.52. The van der Waals surface area contributed by atoms with Crippen LogP contribution < -0.4 is 5.32 Å². The lowest BCUT2D eigenvalue weighted by atomic mass is 10.1. The maximum Gasteiger partial charge on any atom is 0.207 e. The molecule has 1 N–H and O–H groups in total. The molecule has 1 aromatic heterocycles. The molecule has 2 rings (SSSR count). The average Bonchev–Trinajstić information content (AvgIpc) is 2.75. The molecule has 1 unspecified atom stereocenters. The molecule has 0 saturated carbocycles. The van der Waals surface area contributed by atoms with Gasteiger partial charge in [-0.15, -0.1) is 0 Å². The summed E-state index contributed by atoms with van der Waals surface area (Å²) < 4.78 is 7.37. The number of rotatable bonds is 5. The van der Waals surface area contributed by atoms with Crippen molar-refractivity contribution in [1.82, 2.24) is 9.55 Å². The summed E-state index contributed by atoms with van der Waals surface area (Å²) in [5.74, 6) is 0.865. The van der Waals surface area contributed by atoms with E-state index in [0.29, 0.717) is 6.61 Å². The fraction of sp³-hybridized carbons (Fsp3) is 0.438. The van der Waals surface area contributed by atoms with Crippen molar-refractivity contribution in [3.63, 3.8) is 0 Å². The van der Waals surface area contributed by atoms with Crippen LogP contribution in [-0.4, -0.2) is 23.3 Å². The number of nitrogens with zero attached hydrogens (tertiary/aromatic N) is 2. The van der Waals surface area contributed by atoms with Crippen LogP contribution in [0, 0.1) is 20.8 Å². The van der Waals surface area contributed by atoms with Gasteiger partial charge >= 0.3 is 0 Å². The van der Waals surface area contributed by atoms with Gasteiger partial charge in [-0.05, 0) is 38.8 Å². The molecule has 4 heteroatoms. The van der Waals surface area contributed by atoms with Gasteiger partial charge in [-0.25, -0.2) is 4.98 Å². The minimum atomic E-state index is 0.244. The zero-order valence-corrected chi connectivity index (χ0v) is 12.9. The Kier molecular flexibility index (Phi) is 4.45. The Hall–Kier alpha value is -1.81. The van der Waals surface area contributed by atoms with Gasteiger partial charge in [-0.3, -0.25) is 0 Å². The fourth-order valence-electron chi connectivity index (χ4n) is 2.39. The highest BCUT2D eigenvalue weighted by Crippen LogP contribution is 2.25. The van der Waals surface area contributed by atoms with Gasteiger partial charge in [0.25, 0.3) is 0 Å². The Balaban J connectivity index is 2.34. The van der Waals surface area contributed by atoms with Crippen LogP contribution in [0.5, 0.6) is 0 Å². The first-order valence-corrected chi connectivity index (χ1v) is 6.90. The maximum absolute atomic E-state index is 5.24. The third kappa shape index (κ3) is 3.02. The van der Waals surface area contributed by atoms with E-state index in [1.165, 1.54) is 11.1 Å². The number of hydrogen-bond acceptors (Lipinski definition) is 3. The molecule has 0 fully saturated rings. The first kappa shape index (κ1) is 14.6. The highest BCUT2D eigenvalue weighted by Gasteiger charge is 2.13. The van der Waals surface area contributed by atoms with Crippen molar-refractivity contribution < 1.29 is 4.74 Å². The van der Waals surface area contributed by atoms with E-state index in [-0.39, 0.29) is 6.04 Å². The van der Waals surface area contributed by atoms with Crippen molar-refractivity contribution in [3.8, 4) is 0 Å². The minimum Gasteiger partial charge on any atom is -0.383 e. The van der Waals surface area contributed by atoms with E-state index in [1.807, 2.05) is 6.92 Å². The number of methoxy groups -OCH3 is 1. The molecular weight excluding hydrogens is 250 g/mol. The minimum absolute atomic E-state index is 0.244. The largest absolute Gasteiger partial charge is 0.383 e. The Morgan fingerprint density at radius 3 is 2.50 bits per heavy atom. The van der Waals surface area contributed by atoms with Gasteiger partial charge in [0.05, 0.1) is 18.3 Å². The number of aryl methyl sites for hydroxylation is 3. The topological polar surface area (TPSA) is 39.1 Å². The zero-order valence-electron chi connectivity index (χ0n) is 12.9. The van der Waals surface area contributed by atoms with E-state index in [1.54, 1.807) is 7.11 Å². The van der Waals surface area contributed by atoms with Crippen LogP contribution in [0.2, 0.25) is 0 Å². The lowest BCUT2D eigenvalue weighted by Crippen LogP contribution is -2.13. The molecule has 0 spiro atoms. The predicted octanol–water partition coefficient (Wildman–Crippen LogP) is 3.76. The molecule has 4 nitrogen and oxygen atoms in total. The maximum atomic E-state index is 5.24. The first-order valence-electron chi connectivity index (χ1n) is 6.90. The lowest BCUT2D eigenvalue weighted by molar-refractivity contribution is 0.163. The smallest absolute Gasteiger partial charge is 0.207 e. The van der Waals surface area contributed by atoms with Crippen molar-refractivity contribution in [2.75, 3.05) is 19.0 Å². The molecule has 0 saturated heterocycles. The van der Waals surface area contributed by atoms with Crippen LogP contribution in [-0.2, 0) is 4.74 Å². The Labute approximate surface area is 120 Å². The van der Waals surface area contributed by atoms with Crippen LogP contribution in [0.1, 0.15) is 29.8 Å². The molecule has 108 valence electrons. The summed E-state index contributed by atoms with van der Waals surface area (Å²) in [6.07, 6.45) is 2.06. The Bertz CT molecular complexity index is 569. The molecule has 0 radical (unpaired) electrons. The summed E-state index contributed by atoms with van der Waals surface area (Å²) in [5, 5.41) is 3.47. The quantitative estimate of drug-likeness (QED) is 0.901. The SMILES string of the molecule is COCC(C)n1cc(C)nc1Nc1c(C)cccc1C. The second kappa shape index (κ2) is 6.09. The number of hydrogen-bond donors (Lipinski definition) is 1. The van der Waals surface area contributed by atoms with E-state index in [9.17, 15) is 0 Å². The highest BCUT2D eigenvalue weighted by molar-refractivity contribution is 5.63. The molecule has 0 aliphatic rings. The van der Waals surface area contributed by atoms with Crippen molar-refractivity contribution in [2.45, 2.75) is 33.7 Å². The third-order valence-electron chi connectivity index (χ3n) is 3.45. The van der Waals surface area contributed by atoms with E-state index in [4.69, 9.17) is 4.74 Å². The van der Waals surface area contributed by atoms with Gasteiger partial charge in [0.15, 0.2) is 0 Å². The van der Waals surface area contributed by atoms with Gasteiger partial charge in [0.2, 0.25) is 5.95 Å². The number of nitrogens with one attached hydrogen (secondary N) is 1. The Morgan fingerprint density at radius 2 is 1.90 bits per heavy atom. The number of ether oxygens (including phenoxy) is 1. The van der Waals surface area contributed by atoms with Crippen LogP contribution in [0.15, 0.2) is 24.4 Å². The normalized spacial score (nSPS) is 12.4. The van der Waals surface area contributed by atoms with Crippen LogP contribution >= 0.6 is 0 Å². The van der Waals surface area contributed by atoms with E-state index >= 15 is 0 Å². The zero-order chi connectivity index (χ0) is 14.7. The lowest BCUT2D eigenvalue weighted by Gasteiger charge is -2.18. The van der Waals surface area contributed by atoms with Gasteiger partial charge in [0.1, 0.15) is 0 Å². The van der Waals surface area contributed by atoms with Crippen molar-refractivity contribution >= 4 is 11.6 Å². The second-order valence-electron chi connectivity index (χ2n) is 5.31. The number of benzene rings is 1. The standard InChI is InChI=1S/C16H23N3O/c1-11-7-6-8-12(2)15(11)18-16-17-13(3)9-19(16)14(4)10-20-5/h6-9,14H,10H2,1-5H3,(H,17,18). The molecule has 2 aromatic rings. The number of imidazole rings is 1. The molecule has 20 heavy (non-hydrogen) atoms. The third-order valence-corrected chi connectivity index (χ3v) is 3.45. The Morgan fingerprint density at radius 1 is 1.25 bits per heavy atom. The molecule has 0 aliphatic carbocycles. The summed E-state index contributed by atoms with van der Waals surface area (Å²) in [5.41, 5.74) is 4.57. The van der Waals surface area contributed by atoms with Crippen LogP contribution in [0.25, 0.3) is 0 Å². The molecule has 1 heterocycles. The summed E-state index contributed by atoms with van der Waals surface area (Å²) in [4.78, 5) is 4.59. The summed E-state index contributed by atoms with van der Waals surface area (Å²) in [6.45, 7) is 9.01. The van der Waals surface area contributed by atoms with E-state index in [0.717, 1.165) is 17.3 Å². The molecule has 0 amide bonds. The van der Waals surface area contributed by atoms with Crippen LogP contribution in [0.3, 0.4) is 0 Å². The molecule has 1 aromatic carbocycles. The fourth-order valence-corrected chi connectivity index (χ4v) is 2.39. The van der Waals surface area contributed by atoms with Crippen molar-refractivity contribution in [1.29, 1.82) is 0 Å². The monoisotopic (exact) mass is 273 g/mol. The average molecular weight is 273 g/mol. The van der Waals surface area contributed by atoms with Crippen molar-refractivity contribution in [3.05, 3.63) is 41.2 Å². The van der Waals surface area contributed by atoms with Gasteiger partial charge < -0.3 is 14.6 Å². The van der Waals surface area contributed by atoms with Gasteiger partial charge in [-0.2, -0.15) is 0 Å². The van der Waals surface area contributed by atoms with Gasteiger partial charge in [0, 0.05) is 19.0 Å². The summed E-state index contributed by atoms with van der Waals surface area (Å²) in [7, 11) is 1.72. The van der Waals surface area contributed by atoms with Gasteiger partial charge in [-0.1, -0.05) is 18.2 Å². The first-order chi connectivity index (χ1) is 9.52.